The first-order chi connectivity index (χ1) is 45.1. The van der Waals surface area contributed by atoms with E-state index in [1.807, 2.05) is 147 Å². The number of aliphatic hydroxyl groups is 2. The number of nitrogens with zero attached hydrogens (tertiary/aromatic N) is 6. The van der Waals surface area contributed by atoms with Crippen molar-refractivity contribution in [2.24, 2.45) is 0 Å². The molecule has 0 saturated carbocycles. The molecule has 5 aliphatic rings. The first-order valence-corrected chi connectivity index (χ1v) is 36.6. The molecule has 0 bridgehead atoms. The minimum atomic E-state index is -3.72. The van der Waals surface area contributed by atoms with Gasteiger partial charge in [0.1, 0.15) is 23.9 Å². The summed E-state index contributed by atoms with van der Waals surface area (Å²) in [6.07, 6.45) is 24.3. The molecule has 5 aliphatic heterocycles. The molecule has 7 atom stereocenters. The number of nitriles is 3. The molecule has 5 saturated heterocycles. The lowest BCUT2D eigenvalue weighted by Gasteiger charge is -2.50. The smallest absolute Gasteiger partial charge is 0.296 e. The SMILES string of the molecule is CC.CC.CC.CC.Cc1ccc(S(=O)(=O)OCCCC2CCCCN2C(C#N)c2ccccc2)cc1.N#CC(c1ccccc1)N1CCCCC1CCCO.N#CC1(c2ccccc2)CCCC2CCCCN21.O=Cc1ccccc1.OCCCC1CCCCN1. The van der Waals surface area contributed by atoms with Crippen LogP contribution in [0.3, 0.4) is 0 Å². The molecule has 5 heterocycles. The standard InChI is InChI=1S/C23H28N2O3S.C16H22N2O.C16H20N2.C8H17NO.C7H6O.4C2H6/c1-19-12-14-22(15-13-19)29(26,27)28-17-7-11-21-10-5-6-16-25(21)23(18-24)20-8-3-2-4-9-20;17-13-16(14-7-2-1-3-8-14)18-11-5-4-9-15(18)10-6-12-19;17-13-16(14-7-2-1-3-8-14)11-6-10-15-9-4-5-12-18(15)16;10-7-3-5-8-4-1-2-6-9-8;8-6-7-4-2-1-3-5-7;4*1-2/h2-4,8-9,12-15,21,23H,5-7,10-11,16-17H2,1H3;1-3,7-8,15-16,19H,4-6,9-12H2;1-3,7-8,15H,4-6,9-12H2;8-10H,1-7H2;1-6H;4*1-2H3. The van der Waals surface area contributed by atoms with Gasteiger partial charge in [0.05, 0.1) is 29.7 Å². The van der Waals surface area contributed by atoms with E-state index in [4.69, 9.17) is 14.4 Å². The molecular weight excluding hydrogens is 1160 g/mol. The van der Waals surface area contributed by atoms with Crippen LogP contribution < -0.4 is 5.32 Å². The first kappa shape index (κ1) is 82.0. The van der Waals surface area contributed by atoms with Crippen LogP contribution in [-0.2, 0) is 19.8 Å². The fourth-order valence-corrected chi connectivity index (χ4v) is 13.6. The lowest BCUT2D eigenvalue weighted by atomic mass is 9.76. The van der Waals surface area contributed by atoms with Gasteiger partial charge in [-0.2, -0.15) is 24.2 Å². The molecule has 506 valence electrons. The number of carbonyl (C=O) groups excluding carboxylic acids is 1. The molecule has 0 aliphatic carbocycles. The highest BCUT2D eigenvalue weighted by molar-refractivity contribution is 7.86. The minimum absolute atomic E-state index is 0.148. The lowest BCUT2D eigenvalue weighted by Crippen LogP contribution is -2.55. The molecule has 92 heavy (non-hydrogen) atoms. The number of hydrogen-bond acceptors (Lipinski definition) is 13. The zero-order valence-corrected chi connectivity index (χ0v) is 58.6. The van der Waals surface area contributed by atoms with Crippen LogP contribution in [0.2, 0.25) is 0 Å². The van der Waals surface area contributed by atoms with Crippen molar-refractivity contribution >= 4 is 16.4 Å². The summed E-state index contributed by atoms with van der Waals surface area (Å²) in [5.41, 5.74) is 4.67. The molecule has 7 unspecified atom stereocenters. The molecule has 5 aromatic carbocycles. The van der Waals surface area contributed by atoms with Crippen LogP contribution in [0.5, 0.6) is 0 Å². The average Bonchev–Trinajstić information content (AvgIpc) is 0.779. The number of rotatable bonds is 18. The second kappa shape index (κ2) is 50.4. The van der Waals surface area contributed by atoms with Crippen molar-refractivity contribution in [2.75, 3.05) is 46.0 Å². The van der Waals surface area contributed by atoms with Gasteiger partial charge in [-0.25, -0.2) is 0 Å². The van der Waals surface area contributed by atoms with Gasteiger partial charge in [0, 0.05) is 62.6 Å². The zero-order chi connectivity index (χ0) is 67.7. The Morgan fingerprint density at radius 1 is 0.565 bits per heavy atom. The van der Waals surface area contributed by atoms with Gasteiger partial charge >= 0.3 is 0 Å². The highest BCUT2D eigenvalue weighted by atomic mass is 32.2. The molecule has 14 heteroatoms. The van der Waals surface area contributed by atoms with E-state index >= 15 is 0 Å². The van der Waals surface area contributed by atoms with E-state index in [0.717, 1.165) is 112 Å². The van der Waals surface area contributed by atoms with E-state index < -0.39 is 10.1 Å². The molecule has 5 aromatic rings. The Morgan fingerprint density at radius 2 is 1.02 bits per heavy atom. The second-order valence-electron chi connectivity index (χ2n) is 22.9. The number of carbonyl (C=O) groups is 1. The summed E-state index contributed by atoms with van der Waals surface area (Å²) in [6.45, 7) is 22.8. The number of aliphatic hydroxyl groups excluding tert-OH is 2. The summed E-state index contributed by atoms with van der Waals surface area (Å²) in [6, 6.07) is 55.3. The highest BCUT2D eigenvalue weighted by Crippen LogP contribution is 2.43. The van der Waals surface area contributed by atoms with Gasteiger partial charge in [0.2, 0.25) is 0 Å². The maximum Gasteiger partial charge on any atom is 0.296 e. The fourth-order valence-electron chi connectivity index (χ4n) is 12.7. The Bertz CT molecular complexity index is 2840. The molecule has 0 radical (unpaired) electrons. The van der Waals surface area contributed by atoms with Crippen molar-refractivity contribution in [1.82, 2.24) is 20.0 Å². The number of piperidine rings is 5. The molecule has 0 amide bonds. The van der Waals surface area contributed by atoms with Gasteiger partial charge in [-0.3, -0.25) is 23.7 Å². The van der Waals surface area contributed by atoms with Crippen molar-refractivity contribution in [3.63, 3.8) is 0 Å². The number of fused-ring (bicyclic) bond motifs is 1. The minimum Gasteiger partial charge on any atom is -0.396 e. The molecule has 0 aromatic heterocycles. The van der Waals surface area contributed by atoms with Crippen molar-refractivity contribution in [1.29, 1.82) is 15.8 Å². The Balaban J connectivity index is 0.000000402. The number of nitrogens with one attached hydrogen (secondary N) is 1. The van der Waals surface area contributed by atoms with E-state index in [1.165, 1.54) is 76.3 Å². The molecule has 3 N–H and O–H groups in total. The highest BCUT2D eigenvalue weighted by Gasteiger charge is 2.45. The molecule has 13 nitrogen and oxygen atoms in total. The largest absolute Gasteiger partial charge is 0.396 e. The van der Waals surface area contributed by atoms with Crippen molar-refractivity contribution in [3.8, 4) is 18.2 Å². The summed E-state index contributed by atoms with van der Waals surface area (Å²) in [7, 11) is -3.72. The Labute approximate surface area is 558 Å². The van der Waals surface area contributed by atoms with Crippen LogP contribution in [0.15, 0.2) is 150 Å². The summed E-state index contributed by atoms with van der Waals surface area (Å²) < 4.78 is 29.9. The summed E-state index contributed by atoms with van der Waals surface area (Å²) in [5, 5.41) is 50.2. The summed E-state index contributed by atoms with van der Waals surface area (Å²) in [4.78, 5) is 17.3. The van der Waals surface area contributed by atoms with E-state index in [1.54, 1.807) is 36.4 Å². The third kappa shape index (κ3) is 28.2. The number of benzene rings is 5. The Morgan fingerprint density at radius 3 is 1.49 bits per heavy atom. The average molecular weight is 1280 g/mol. The van der Waals surface area contributed by atoms with Crippen molar-refractivity contribution in [2.45, 2.75) is 244 Å². The van der Waals surface area contributed by atoms with Gasteiger partial charge in [0.15, 0.2) is 0 Å². The fraction of sp³-hybridized carbons (Fsp3) is 0.564. The molecular formula is C78H117N7O6S. The van der Waals surface area contributed by atoms with E-state index in [2.05, 4.69) is 62.5 Å². The third-order valence-electron chi connectivity index (χ3n) is 17.1. The monoisotopic (exact) mass is 1280 g/mol. The maximum atomic E-state index is 12.3. The predicted molar refractivity (Wildman–Crippen MR) is 379 cm³/mol. The predicted octanol–water partition coefficient (Wildman–Crippen LogP) is 17.4. The Hall–Kier alpha value is -6.09. The van der Waals surface area contributed by atoms with Crippen LogP contribution in [0.25, 0.3) is 0 Å². The number of likely N-dealkylation sites (tertiary alicyclic amines) is 2. The zero-order valence-electron chi connectivity index (χ0n) is 57.8. The molecule has 0 spiro atoms. The lowest BCUT2D eigenvalue weighted by molar-refractivity contribution is 0.00861. The van der Waals surface area contributed by atoms with Gasteiger partial charge < -0.3 is 15.5 Å². The summed E-state index contributed by atoms with van der Waals surface area (Å²) in [5.74, 6) is 0. The van der Waals surface area contributed by atoms with E-state index in [9.17, 15) is 29.0 Å². The quantitative estimate of drug-likeness (QED) is 0.0426. The topological polar surface area (TPSA) is 194 Å². The van der Waals surface area contributed by atoms with Crippen LogP contribution in [0, 0.1) is 40.9 Å². The molecule has 5 fully saturated rings. The Kier molecular flexibility index (Phi) is 44.9. The van der Waals surface area contributed by atoms with Gasteiger partial charge in [0.25, 0.3) is 10.1 Å². The molecule has 10 rings (SSSR count). The van der Waals surface area contributed by atoms with Gasteiger partial charge in [-0.1, -0.05) is 220 Å². The van der Waals surface area contributed by atoms with E-state index in [0.29, 0.717) is 31.2 Å². The van der Waals surface area contributed by atoms with Crippen LogP contribution in [-0.4, -0.2) is 110 Å². The van der Waals surface area contributed by atoms with Gasteiger partial charge in [-0.15, -0.1) is 0 Å². The van der Waals surface area contributed by atoms with Crippen molar-refractivity contribution < 1.29 is 27.6 Å². The number of aldehydes is 1. The van der Waals surface area contributed by atoms with Crippen LogP contribution in [0.1, 0.15) is 235 Å². The first-order valence-electron chi connectivity index (χ1n) is 35.2. The second-order valence-corrected chi connectivity index (χ2v) is 24.5. The van der Waals surface area contributed by atoms with Gasteiger partial charge in [-0.05, 0) is 151 Å². The van der Waals surface area contributed by atoms with Crippen LogP contribution >= 0.6 is 0 Å². The maximum absolute atomic E-state index is 12.3. The summed E-state index contributed by atoms with van der Waals surface area (Å²) >= 11 is 0. The van der Waals surface area contributed by atoms with E-state index in [-0.39, 0.29) is 41.8 Å². The van der Waals surface area contributed by atoms with Crippen molar-refractivity contribution in [3.05, 3.63) is 173 Å². The van der Waals surface area contributed by atoms with Crippen LogP contribution in [0.4, 0.5) is 0 Å². The number of hydrogen-bond donors (Lipinski definition) is 3. The number of aryl methyl sites for hydroxylation is 1. The normalized spacial score (nSPS) is 20.7. The third-order valence-corrected chi connectivity index (χ3v) is 18.4.